The third kappa shape index (κ3) is 5.03. The van der Waals surface area contributed by atoms with Gasteiger partial charge in [-0.15, -0.1) is 11.3 Å². The van der Waals surface area contributed by atoms with Gasteiger partial charge in [-0.1, -0.05) is 23.6 Å². The molecule has 2 nitrogen and oxygen atoms in total. The third-order valence-corrected chi connectivity index (χ3v) is 3.13. The van der Waals surface area contributed by atoms with Crippen molar-refractivity contribution in [3.8, 4) is 11.8 Å². The van der Waals surface area contributed by atoms with Gasteiger partial charge < -0.3 is 4.74 Å². The first-order valence-corrected chi connectivity index (χ1v) is 6.27. The van der Waals surface area contributed by atoms with E-state index in [0.29, 0.717) is 12.4 Å². The largest absolute Gasteiger partial charge is 0.379 e. The molecule has 0 atom stereocenters. The normalized spacial score (nSPS) is 9.47. The molecule has 1 aromatic heterocycles. The molecule has 0 unspecified atom stereocenters. The molecule has 4 heteroatoms. The van der Waals surface area contributed by atoms with Crippen LogP contribution in [-0.4, -0.2) is 18.0 Å². The first kappa shape index (κ1) is 12.3. The van der Waals surface area contributed by atoms with Crippen LogP contribution >= 0.6 is 23.1 Å². The Labute approximate surface area is 98.0 Å². The highest BCUT2D eigenvalue weighted by molar-refractivity contribution is 8.13. The summed E-state index contributed by atoms with van der Waals surface area (Å²) in [6.07, 6.45) is 0. The van der Waals surface area contributed by atoms with Crippen molar-refractivity contribution in [1.82, 2.24) is 0 Å². The maximum atomic E-state index is 10.6. The first-order chi connectivity index (χ1) is 7.22. The number of hydrogen-bond donors (Lipinski definition) is 0. The fourth-order valence-electron chi connectivity index (χ4n) is 0.940. The van der Waals surface area contributed by atoms with Crippen molar-refractivity contribution in [2.75, 3.05) is 12.9 Å². The molecule has 0 bridgehead atoms. The highest BCUT2D eigenvalue weighted by Crippen LogP contribution is 2.14. The van der Waals surface area contributed by atoms with E-state index in [4.69, 9.17) is 4.74 Å². The number of rotatable bonds is 3. The monoisotopic (exact) mass is 240 g/mol. The smallest absolute Gasteiger partial charge is 0.186 e. The van der Waals surface area contributed by atoms with Crippen LogP contribution < -0.4 is 0 Å². The summed E-state index contributed by atoms with van der Waals surface area (Å²) < 4.78 is 5.01. The van der Waals surface area contributed by atoms with Crippen LogP contribution in [0, 0.1) is 11.8 Å². The molecule has 1 rings (SSSR count). The Balaban J connectivity index is 2.45. The maximum Gasteiger partial charge on any atom is 0.186 e. The van der Waals surface area contributed by atoms with Crippen LogP contribution in [0.15, 0.2) is 11.4 Å². The van der Waals surface area contributed by atoms with E-state index < -0.39 is 0 Å². The standard InChI is InChI=1S/C11H12O2S2/c1-9(12)14-5-3-4-10-6-11(7-13-2)15-8-10/h6,8H,5,7H2,1-2H3. The second-order valence-electron chi connectivity index (χ2n) is 2.82. The molecule has 0 aliphatic heterocycles. The van der Waals surface area contributed by atoms with E-state index in [1.165, 1.54) is 16.6 Å². The van der Waals surface area contributed by atoms with Crippen molar-refractivity contribution >= 4 is 28.2 Å². The fourth-order valence-corrected chi connectivity index (χ4v) is 2.07. The van der Waals surface area contributed by atoms with Crippen LogP contribution in [0.3, 0.4) is 0 Å². The summed E-state index contributed by atoms with van der Waals surface area (Å²) in [4.78, 5) is 11.8. The molecule has 0 aromatic carbocycles. The van der Waals surface area contributed by atoms with Crippen molar-refractivity contribution in [2.45, 2.75) is 13.5 Å². The Morgan fingerprint density at radius 1 is 1.67 bits per heavy atom. The van der Waals surface area contributed by atoms with Gasteiger partial charge in [0.2, 0.25) is 0 Å². The number of thiophene rings is 1. The minimum atomic E-state index is 0.106. The minimum Gasteiger partial charge on any atom is -0.379 e. The van der Waals surface area contributed by atoms with Gasteiger partial charge in [0.15, 0.2) is 5.12 Å². The molecule has 0 N–H and O–H groups in total. The summed E-state index contributed by atoms with van der Waals surface area (Å²) in [6, 6.07) is 2.01. The maximum absolute atomic E-state index is 10.6. The van der Waals surface area contributed by atoms with Crippen molar-refractivity contribution in [1.29, 1.82) is 0 Å². The van der Waals surface area contributed by atoms with E-state index in [1.54, 1.807) is 25.4 Å². The fraction of sp³-hybridized carbons (Fsp3) is 0.364. The van der Waals surface area contributed by atoms with Gasteiger partial charge in [0.1, 0.15) is 0 Å². The van der Waals surface area contributed by atoms with Gasteiger partial charge in [0, 0.05) is 29.9 Å². The van der Waals surface area contributed by atoms with Crippen molar-refractivity contribution in [2.24, 2.45) is 0 Å². The lowest BCUT2D eigenvalue weighted by molar-refractivity contribution is -0.109. The van der Waals surface area contributed by atoms with Gasteiger partial charge in [-0.05, 0) is 6.07 Å². The predicted molar refractivity (Wildman–Crippen MR) is 65.0 cm³/mol. The molecule has 0 spiro atoms. The molecule has 1 aromatic rings. The van der Waals surface area contributed by atoms with Crippen LogP contribution in [0.2, 0.25) is 0 Å². The average molecular weight is 240 g/mol. The number of methoxy groups -OCH3 is 1. The van der Waals surface area contributed by atoms with E-state index in [2.05, 4.69) is 11.8 Å². The SMILES string of the molecule is COCc1cc(C#CCSC(C)=O)cs1. The van der Waals surface area contributed by atoms with E-state index in [0.717, 1.165) is 5.56 Å². The molecule has 0 radical (unpaired) electrons. The molecule has 0 saturated heterocycles. The van der Waals surface area contributed by atoms with Crippen LogP contribution in [0.25, 0.3) is 0 Å². The summed E-state index contributed by atoms with van der Waals surface area (Å²) in [6.45, 7) is 2.18. The molecule has 80 valence electrons. The molecule has 0 fully saturated rings. The van der Waals surface area contributed by atoms with E-state index >= 15 is 0 Å². The summed E-state index contributed by atoms with van der Waals surface area (Å²) >= 11 is 2.87. The van der Waals surface area contributed by atoms with Crippen LogP contribution in [0.1, 0.15) is 17.4 Å². The highest BCUT2D eigenvalue weighted by atomic mass is 32.2. The molecule has 15 heavy (non-hydrogen) atoms. The molecule has 1 heterocycles. The summed E-state index contributed by atoms with van der Waals surface area (Å²) in [7, 11) is 1.68. The van der Waals surface area contributed by atoms with Crippen molar-refractivity contribution in [3.63, 3.8) is 0 Å². The van der Waals surface area contributed by atoms with Crippen molar-refractivity contribution in [3.05, 3.63) is 21.9 Å². The Morgan fingerprint density at radius 2 is 2.47 bits per heavy atom. The molecule has 0 saturated carbocycles. The van der Waals surface area contributed by atoms with E-state index in [-0.39, 0.29) is 5.12 Å². The highest BCUT2D eigenvalue weighted by Gasteiger charge is 1.96. The quantitative estimate of drug-likeness (QED) is 0.759. The summed E-state index contributed by atoms with van der Waals surface area (Å²) in [5.74, 6) is 6.52. The zero-order valence-corrected chi connectivity index (χ0v) is 10.3. The first-order valence-electron chi connectivity index (χ1n) is 4.41. The van der Waals surface area contributed by atoms with Crippen LogP contribution in [-0.2, 0) is 16.1 Å². The molecular weight excluding hydrogens is 228 g/mol. The summed E-state index contributed by atoms with van der Waals surface area (Å²) in [5, 5.41) is 2.11. The molecule has 0 aliphatic carbocycles. The van der Waals surface area contributed by atoms with Gasteiger partial charge in [0.25, 0.3) is 0 Å². The third-order valence-electron chi connectivity index (χ3n) is 1.52. The Bertz CT molecular complexity index is 385. The van der Waals surface area contributed by atoms with Gasteiger partial charge in [-0.2, -0.15) is 0 Å². The predicted octanol–water partition coefficient (Wildman–Crippen LogP) is 2.53. The van der Waals surface area contributed by atoms with Gasteiger partial charge in [-0.3, -0.25) is 4.79 Å². The van der Waals surface area contributed by atoms with Gasteiger partial charge in [-0.25, -0.2) is 0 Å². The molecular formula is C11H12O2S2. The van der Waals surface area contributed by atoms with E-state index in [9.17, 15) is 4.79 Å². The number of carbonyl (C=O) groups is 1. The number of carbonyl (C=O) groups excluding carboxylic acids is 1. The Hall–Kier alpha value is -0.760. The van der Waals surface area contributed by atoms with Crippen LogP contribution in [0.5, 0.6) is 0 Å². The average Bonchev–Trinajstić information content (AvgIpc) is 2.61. The number of thioether (sulfide) groups is 1. The zero-order valence-electron chi connectivity index (χ0n) is 8.70. The van der Waals surface area contributed by atoms with Gasteiger partial charge in [0.05, 0.1) is 12.4 Å². The topological polar surface area (TPSA) is 26.3 Å². The Morgan fingerprint density at radius 3 is 3.13 bits per heavy atom. The number of hydrogen-bond acceptors (Lipinski definition) is 4. The zero-order chi connectivity index (χ0) is 11.1. The van der Waals surface area contributed by atoms with E-state index in [1.807, 2.05) is 11.4 Å². The van der Waals surface area contributed by atoms with Crippen molar-refractivity contribution < 1.29 is 9.53 Å². The number of ether oxygens (including phenoxy) is 1. The lowest BCUT2D eigenvalue weighted by Gasteiger charge is -1.89. The van der Waals surface area contributed by atoms with Gasteiger partial charge >= 0.3 is 0 Å². The lowest BCUT2D eigenvalue weighted by Crippen LogP contribution is -1.82. The lowest BCUT2D eigenvalue weighted by atomic mass is 10.3. The molecule has 0 amide bonds. The second kappa shape index (κ2) is 6.67. The summed E-state index contributed by atoms with van der Waals surface area (Å²) in [5.41, 5.74) is 0.996. The van der Waals surface area contributed by atoms with Crippen LogP contribution in [0.4, 0.5) is 0 Å². The Kier molecular flexibility index (Phi) is 5.48. The second-order valence-corrected chi connectivity index (χ2v) is 4.96. The minimum absolute atomic E-state index is 0.106. The molecule has 0 aliphatic rings.